The molecule has 1 rings (SSSR count). The number of benzene rings is 1. The SMILES string of the molecule is CC(C)C[C@H](N)C(=O)N[C@@H](CCCN=C(N)N)C(=O)N[C@@H](CCC(N)=O)C(=O)N[C@@H](CO)C(=O)N[C@@H](CCC(N)=O)C(=O)N[C@@H](Cc1ccccc1)C(=O)N[C@H](C(=O)NCC(=O)N[C@@H](CO)C(=O)N[C@@H](CCCN=C(N)N)C(=O)O)C(C)C. The summed E-state index contributed by atoms with van der Waals surface area (Å²) in [4.78, 5) is 165. The molecule has 0 bridgehead atoms. The van der Waals surface area contributed by atoms with Gasteiger partial charge in [0, 0.05) is 32.4 Å². The second-order valence-corrected chi connectivity index (χ2v) is 20.0. The number of hydrogen-bond donors (Lipinski definition) is 19. The first-order valence-electron chi connectivity index (χ1n) is 26.6. The number of guanidine groups is 2. The van der Waals surface area contributed by atoms with Crippen LogP contribution in [0.4, 0.5) is 0 Å². The number of carbonyl (C=O) groups is 12. The fourth-order valence-corrected chi connectivity index (χ4v) is 7.66. The van der Waals surface area contributed by atoms with E-state index in [9.17, 15) is 72.9 Å². The summed E-state index contributed by atoms with van der Waals surface area (Å²) >= 11 is 0. The van der Waals surface area contributed by atoms with E-state index in [4.69, 9.17) is 40.1 Å². The van der Waals surface area contributed by atoms with Crippen molar-refractivity contribution in [1.29, 1.82) is 0 Å². The minimum Gasteiger partial charge on any atom is -0.480 e. The molecule has 9 atom stereocenters. The number of carboxylic acids is 1. The average molecular weight is 1180 g/mol. The van der Waals surface area contributed by atoms with Gasteiger partial charge in [0.15, 0.2) is 11.9 Å². The van der Waals surface area contributed by atoms with Crippen LogP contribution in [-0.2, 0) is 64.0 Å². The van der Waals surface area contributed by atoms with E-state index >= 15 is 0 Å². The van der Waals surface area contributed by atoms with Crippen LogP contribution in [0, 0.1) is 11.8 Å². The standard InChI is InChI=1S/C50H84N18O15/c1-25(2)20-28(51)40(74)62-29(12-8-18-58-49(54)55)41(75)63-31(15-17-37(53)72)43(77)67-35(24-70)46(80)64-30(14-16-36(52)71)42(76)66-33(21-27-10-6-5-7-11-27)44(78)68-39(26(3)4)47(81)60-22-38(73)61-34(23-69)45(79)65-32(48(82)83)13-9-19-59-50(56)57/h5-7,10-11,25-26,28-35,39,69-70H,8-9,12-24,51H2,1-4H3,(H2,52,71)(H2,53,72)(H,60,81)(H,61,73)(H,62,74)(H,63,75)(H,64,80)(H,65,79)(H,66,76)(H,67,77)(H,68,78)(H,82,83)(H4,54,55,58)(H4,56,57,59)/t28-,29-,30-,31-,32-,33-,34-,35-,39-/m0/s1. The molecule has 11 amide bonds. The molecule has 0 heterocycles. The smallest absolute Gasteiger partial charge is 0.326 e. The van der Waals surface area contributed by atoms with Gasteiger partial charge in [-0.2, -0.15) is 0 Å². The number of nitrogens with one attached hydrogen (secondary N) is 9. The topological polar surface area (TPSA) is 581 Å². The average Bonchev–Trinajstić information content (AvgIpc) is 3.41. The number of aliphatic carboxylic acids is 1. The van der Waals surface area contributed by atoms with Gasteiger partial charge in [0.25, 0.3) is 0 Å². The van der Waals surface area contributed by atoms with Gasteiger partial charge >= 0.3 is 5.97 Å². The molecule has 0 aliphatic heterocycles. The molecule has 0 aliphatic rings. The van der Waals surface area contributed by atoms with Crippen molar-refractivity contribution in [3.05, 3.63) is 35.9 Å². The van der Waals surface area contributed by atoms with Crippen molar-refractivity contribution in [3.63, 3.8) is 0 Å². The van der Waals surface area contributed by atoms with Crippen molar-refractivity contribution in [3.8, 4) is 0 Å². The normalized spacial score (nSPS) is 14.2. The van der Waals surface area contributed by atoms with Gasteiger partial charge in [-0.05, 0) is 62.3 Å². The van der Waals surface area contributed by atoms with Gasteiger partial charge in [0.05, 0.1) is 25.8 Å². The predicted molar refractivity (Wildman–Crippen MR) is 299 cm³/mol. The number of nitrogens with zero attached hydrogens (tertiary/aromatic N) is 2. The molecule has 33 heteroatoms. The van der Waals surface area contributed by atoms with Gasteiger partial charge < -0.3 is 103 Å². The summed E-state index contributed by atoms with van der Waals surface area (Å²) in [6, 6.07) is -5.41. The van der Waals surface area contributed by atoms with Gasteiger partial charge in [-0.25, -0.2) is 4.79 Å². The first kappa shape index (κ1) is 72.3. The molecule has 33 nitrogen and oxygen atoms in total. The van der Waals surface area contributed by atoms with E-state index in [1.165, 1.54) is 0 Å². The van der Waals surface area contributed by atoms with E-state index in [-0.39, 0.29) is 69.5 Å². The zero-order valence-electron chi connectivity index (χ0n) is 47.0. The van der Waals surface area contributed by atoms with Gasteiger partial charge in [-0.3, -0.25) is 62.7 Å². The molecule has 0 unspecified atom stereocenters. The molecule has 0 aliphatic carbocycles. The Morgan fingerprint density at radius 1 is 0.494 bits per heavy atom. The molecule has 0 spiro atoms. The second-order valence-electron chi connectivity index (χ2n) is 20.0. The molecule has 26 N–H and O–H groups in total. The summed E-state index contributed by atoms with van der Waals surface area (Å²) in [6.07, 6.45) is -1.75. The number of primary amides is 2. The van der Waals surface area contributed by atoms with E-state index in [1.54, 1.807) is 44.2 Å². The summed E-state index contributed by atoms with van der Waals surface area (Å²) in [5.41, 5.74) is 38.7. The molecule has 0 aromatic heterocycles. The highest BCUT2D eigenvalue weighted by Gasteiger charge is 2.35. The maximum atomic E-state index is 14.2. The summed E-state index contributed by atoms with van der Waals surface area (Å²) in [5, 5.41) is 51.1. The van der Waals surface area contributed by atoms with Crippen LogP contribution in [0.25, 0.3) is 0 Å². The Labute approximate surface area is 479 Å². The number of aliphatic hydroxyl groups is 2. The highest BCUT2D eigenvalue weighted by Crippen LogP contribution is 2.11. The lowest BCUT2D eigenvalue weighted by molar-refractivity contribution is -0.142. The molecule has 0 saturated heterocycles. The largest absolute Gasteiger partial charge is 0.480 e. The summed E-state index contributed by atoms with van der Waals surface area (Å²) < 4.78 is 0. The fourth-order valence-electron chi connectivity index (χ4n) is 7.66. The van der Waals surface area contributed by atoms with Crippen molar-refractivity contribution in [2.75, 3.05) is 32.8 Å². The van der Waals surface area contributed by atoms with E-state index in [0.717, 1.165) is 0 Å². The van der Waals surface area contributed by atoms with Crippen LogP contribution in [0.5, 0.6) is 0 Å². The first-order valence-corrected chi connectivity index (χ1v) is 26.6. The lowest BCUT2D eigenvalue weighted by atomic mass is 10.0. The van der Waals surface area contributed by atoms with Crippen molar-refractivity contribution in [2.24, 2.45) is 62.0 Å². The van der Waals surface area contributed by atoms with Crippen LogP contribution < -0.4 is 88.0 Å². The molecule has 1 aromatic carbocycles. The Kier molecular flexibility index (Phi) is 33.2. The van der Waals surface area contributed by atoms with E-state index in [2.05, 4.69) is 57.8 Å². The molecule has 464 valence electrons. The van der Waals surface area contributed by atoms with Crippen LogP contribution in [0.15, 0.2) is 40.3 Å². The van der Waals surface area contributed by atoms with Crippen LogP contribution in [0.3, 0.4) is 0 Å². The maximum Gasteiger partial charge on any atom is 0.326 e. The third-order valence-corrected chi connectivity index (χ3v) is 12.1. The third-order valence-electron chi connectivity index (χ3n) is 12.1. The van der Waals surface area contributed by atoms with Crippen molar-refractivity contribution >= 4 is 82.9 Å². The Balaban J connectivity index is 3.39. The van der Waals surface area contributed by atoms with Crippen molar-refractivity contribution in [2.45, 2.75) is 146 Å². The molecule has 0 saturated carbocycles. The number of rotatable bonds is 40. The highest BCUT2D eigenvalue weighted by molar-refractivity contribution is 5.98. The first-order chi connectivity index (χ1) is 39.0. The highest BCUT2D eigenvalue weighted by atomic mass is 16.4. The Hall–Kier alpha value is -8.72. The predicted octanol–water partition coefficient (Wildman–Crippen LogP) is -8.04. The molecule has 0 radical (unpaired) electrons. The quantitative estimate of drug-likeness (QED) is 0.0165. The summed E-state index contributed by atoms with van der Waals surface area (Å²) in [7, 11) is 0. The van der Waals surface area contributed by atoms with Gasteiger partial charge in [0.1, 0.15) is 48.3 Å². The van der Waals surface area contributed by atoms with E-state index in [1.807, 2.05) is 13.8 Å². The number of nitrogens with two attached hydrogens (primary N) is 7. The number of aliphatic imine (C=N–C) groups is 2. The van der Waals surface area contributed by atoms with Gasteiger partial charge in [-0.15, -0.1) is 0 Å². The van der Waals surface area contributed by atoms with E-state index in [0.29, 0.717) is 5.56 Å². The fraction of sp³-hybridized carbons (Fsp3) is 0.600. The lowest BCUT2D eigenvalue weighted by Gasteiger charge is -2.28. The number of carboxylic acid groups (broad SMARTS) is 1. The monoisotopic (exact) mass is 1180 g/mol. The Morgan fingerprint density at radius 3 is 1.33 bits per heavy atom. The van der Waals surface area contributed by atoms with E-state index < -0.39 is 177 Å². The molecular weight excluding hydrogens is 1090 g/mol. The number of hydrogen-bond acceptors (Lipinski definition) is 17. The zero-order valence-corrected chi connectivity index (χ0v) is 47.0. The number of amides is 11. The Morgan fingerprint density at radius 2 is 0.892 bits per heavy atom. The second kappa shape index (κ2) is 38.1. The van der Waals surface area contributed by atoms with Crippen LogP contribution in [0.1, 0.15) is 91.0 Å². The molecule has 1 aromatic rings. The molecule has 0 fully saturated rings. The van der Waals surface area contributed by atoms with Gasteiger partial charge in [-0.1, -0.05) is 58.0 Å². The van der Waals surface area contributed by atoms with Crippen LogP contribution in [-0.4, -0.2) is 185 Å². The lowest BCUT2D eigenvalue weighted by Crippen LogP contribution is -2.61. The minimum atomic E-state index is -1.88. The summed E-state index contributed by atoms with van der Waals surface area (Å²) in [6.45, 7) is 3.96. The minimum absolute atomic E-state index is 0.00854. The van der Waals surface area contributed by atoms with Crippen LogP contribution in [0.2, 0.25) is 0 Å². The third kappa shape index (κ3) is 29.5. The molecular formula is C50H84N18O15. The van der Waals surface area contributed by atoms with Crippen molar-refractivity contribution < 1.29 is 72.9 Å². The summed E-state index contributed by atoms with van der Waals surface area (Å²) in [5.74, 6) is -13.3. The zero-order chi connectivity index (χ0) is 62.9. The number of aliphatic hydroxyl groups excluding tert-OH is 2. The Bertz CT molecular complexity index is 2420. The molecule has 83 heavy (non-hydrogen) atoms. The maximum absolute atomic E-state index is 14.2. The van der Waals surface area contributed by atoms with Crippen LogP contribution >= 0.6 is 0 Å². The van der Waals surface area contributed by atoms with Gasteiger partial charge in [0.2, 0.25) is 65.0 Å². The number of carbonyl (C=O) groups excluding carboxylic acids is 11. The van der Waals surface area contributed by atoms with Crippen molar-refractivity contribution in [1.82, 2.24) is 47.9 Å².